The van der Waals surface area contributed by atoms with Gasteiger partial charge < -0.3 is 14.8 Å². The van der Waals surface area contributed by atoms with Gasteiger partial charge in [0, 0.05) is 11.6 Å². The van der Waals surface area contributed by atoms with Crippen molar-refractivity contribution in [2.24, 2.45) is 4.99 Å². The van der Waals surface area contributed by atoms with E-state index in [4.69, 9.17) is 9.47 Å². The number of thioether (sulfide) groups is 1. The summed E-state index contributed by atoms with van der Waals surface area (Å²) in [5.74, 6) is 1.20. The zero-order chi connectivity index (χ0) is 20.8. The molecule has 29 heavy (non-hydrogen) atoms. The highest BCUT2D eigenvalue weighted by molar-refractivity contribution is 9.10. The molecule has 152 valence electrons. The molecule has 0 aliphatic carbocycles. The fraction of sp³-hybridized carbons (Fsp3) is 0.273. The van der Waals surface area contributed by atoms with Crippen LogP contribution in [0.4, 0.5) is 5.69 Å². The summed E-state index contributed by atoms with van der Waals surface area (Å²) in [6.45, 7) is 7.04. The minimum absolute atomic E-state index is 0.175. The lowest BCUT2D eigenvalue weighted by Gasteiger charge is -2.12. The fourth-order valence-electron chi connectivity index (χ4n) is 2.75. The molecule has 1 fully saturated rings. The van der Waals surface area contributed by atoms with Gasteiger partial charge in [0.25, 0.3) is 5.91 Å². The van der Waals surface area contributed by atoms with Gasteiger partial charge in [0.15, 0.2) is 5.17 Å². The Morgan fingerprint density at radius 3 is 2.41 bits per heavy atom. The lowest BCUT2D eigenvalue weighted by molar-refractivity contribution is -0.115. The van der Waals surface area contributed by atoms with Crippen LogP contribution in [0.2, 0.25) is 0 Å². The van der Waals surface area contributed by atoms with E-state index in [0.29, 0.717) is 34.8 Å². The van der Waals surface area contributed by atoms with E-state index >= 15 is 0 Å². The van der Waals surface area contributed by atoms with Gasteiger partial charge in [0.2, 0.25) is 0 Å². The standard InChI is InChI=1S/C22H23BrN2O3S/c1-4-14-7-9-16(10-8-14)24-22-25-21(26)20(29-22)12-15-11-17(23)19(28-6-3)13-18(15)27-5-2/h7-13H,4-6H2,1-3H3,(H,24,25,26)/b20-12+. The second-order valence-corrected chi connectivity index (χ2v) is 8.07. The Morgan fingerprint density at radius 1 is 1.07 bits per heavy atom. The normalized spacial score (nSPS) is 16.3. The molecular weight excluding hydrogens is 452 g/mol. The summed E-state index contributed by atoms with van der Waals surface area (Å²) in [4.78, 5) is 17.5. The molecule has 1 heterocycles. The first-order chi connectivity index (χ1) is 14.0. The summed E-state index contributed by atoms with van der Waals surface area (Å²) in [6.07, 6.45) is 2.79. The van der Waals surface area contributed by atoms with Crippen molar-refractivity contribution in [1.82, 2.24) is 5.32 Å². The van der Waals surface area contributed by atoms with Crippen molar-refractivity contribution in [3.8, 4) is 11.5 Å². The quantitative estimate of drug-likeness (QED) is 0.522. The first-order valence-electron chi connectivity index (χ1n) is 9.51. The number of nitrogens with one attached hydrogen (secondary N) is 1. The van der Waals surface area contributed by atoms with Crippen molar-refractivity contribution < 1.29 is 14.3 Å². The smallest absolute Gasteiger partial charge is 0.264 e. The molecule has 0 radical (unpaired) electrons. The molecule has 5 nitrogen and oxygen atoms in total. The maximum absolute atomic E-state index is 12.4. The van der Waals surface area contributed by atoms with Gasteiger partial charge in [-0.15, -0.1) is 0 Å². The molecule has 0 saturated carbocycles. The number of aryl methyl sites for hydroxylation is 1. The Hall–Kier alpha value is -2.25. The second kappa shape index (κ2) is 9.98. The van der Waals surface area contributed by atoms with Crippen LogP contribution in [0, 0.1) is 0 Å². The molecule has 2 aromatic rings. The fourth-order valence-corrected chi connectivity index (χ4v) is 4.06. The zero-order valence-electron chi connectivity index (χ0n) is 16.6. The van der Waals surface area contributed by atoms with Gasteiger partial charge in [0.05, 0.1) is 28.3 Å². The Labute approximate surface area is 183 Å². The molecule has 1 saturated heterocycles. The number of benzene rings is 2. The van der Waals surface area contributed by atoms with Crippen molar-refractivity contribution in [1.29, 1.82) is 0 Å². The van der Waals surface area contributed by atoms with Crippen LogP contribution >= 0.6 is 27.7 Å². The summed E-state index contributed by atoms with van der Waals surface area (Å²) in [6, 6.07) is 11.7. The molecule has 1 aliphatic heterocycles. The summed E-state index contributed by atoms with van der Waals surface area (Å²) in [5.41, 5.74) is 2.86. The Morgan fingerprint density at radius 2 is 1.76 bits per heavy atom. The molecule has 0 aromatic heterocycles. The van der Waals surface area contributed by atoms with Crippen LogP contribution in [0.5, 0.6) is 11.5 Å². The molecule has 0 unspecified atom stereocenters. The summed E-state index contributed by atoms with van der Waals surface area (Å²) in [7, 11) is 0. The number of amidine groups is 1. The van der Waals surface area contributed by atoms with Gasteiger partial charge >= 0.3 is 0 Å². The molecule has 0 bridgehead atoms. The topological polar surface area (TPSA) is 59.9 Å². The number of halogens is 1. The summed E-state index contributed by atoms with van der Waals surface area (Å²) in [5, 5.41) is 3.39. The minimum Gasteiger partial charge on any atom is -0.493 e. The average molecular weight is 475 g/mol. The molecule has 1 amide bonds. The van der Waals surface area contributed by atoms with E-state index in [9.17, 15) is 4.79 Å². The first kappa shape index (κ1) is 21.5. The van der Waals surface area contributed by atoms with Crippen LogP contribution in [-0.2, 0) is 11.2 Å². The van der Waals surface area contributed by atoms with Crippen molar-refractivity contribution in [2.75, 3.05) is 13.2 Å². The van der Waals surface area contributed by atoms with E-state index < -0.39 is 0 Å². The van der Waals surface area contributed by atoms with Crippen LogP contribution < -0.4 is 14.8 Å². The third kappa shape index (κ3) is 5.42. The number of hydrogen-bond acceptors (Lipinski definition) is 5. The largest absolute Gasteiger partial charge is 0.493 e. The number of nitrogens with zero attached hydrogens (tertiary/aromatic N) is 1. The predicted molar refractivity (Wildman–Crippen MR) is 123 cm³/mol. The molecule has 0 atom stereocenters. The molecule has 0 spiro atoms. The van der Waals surface area contributed by atoms with Crippen LogP contribution in [0.1, 0.15) is 31.9 Å². The third-order valence-corrected chi connectivity index (χ3v) is 5.71. The molecular formula is C22H23BrN2O3S. The van der Waals surface area contributed by atoms with E-state index in [1.807, 2.05) is 56.3 Å². The van der Waals surface area contributed by atoms with Crippen molar-refractivity contribution in [3.05, 3.63) is 56.9 Å². The number of hydrogen-bond donors (Lipinski definition) is 1. The van der Waals surface area contributed by atoms with E-state index in [1.54, 1.807) is 0 Å². The van der Waals surface area contributed by atoms with Gasteiger partial charge in [-0.25, -0.2) is 4.99 Å². The van der Waals surface area contributed by atoms with E-state index in [0.717, 1.165) is 22.1 Å². The average Bonchev–Trinajstić information content (AvgIpc) is 3.05. The monoisotopic (exact) mass is 474 g/mol. The summed E-state index contributed by atoms with van der Waals surface area (Å²) < 4.78 is 12.2. The molecule has 1 aliphatic rings. The van der Waals surface area contributed by atoms with Crippen molar-refractivity contribution in [2.45, 2.75) is 27.2 Å². The lowest BCUT2D eigenvalue weighted by Crippen LogP contribution is -2.19. The van der Waals surface area contributed by atoms with Gasteiger partial charge in [-0.3, -0.25) is 4.79 Å². The van der Waals surface area contributed by atoms with Crippen molar-refractivity contribution in [3.63, 3.8) is 0 Å². The van der Waals surface area contributed by atoms with Crippen LogP contribution in [0.15, 0.2) is 50.8 Å². The van der Waals surface area contributed by atoms with Gasteiger partial charge in [0.1, 0.15) is 11.5 Å². The van der Waals surface area contributed by atoms with Gasteiger partial charge in [-0.1, -0.05) is 19.1 Å². The second-order valence-electron chi connectivity index (χ2n) is 6.19. The number of rotatable bonds is 7. The number of carbonyl (C=O) groups is 1. The maximum atomic E-state index is 12.4. The van der Waals surface area contributed by atoms with E-state index in [2.05, 4.69) is 33.2 Å². The molecule has 2 aromatic carbocycles. The number of aliphatic imine (C=N–C) groups is 1. The highest BCUT2D eigenvalue weighted by atomic mass is 79.9. The third-order valence-electron chi connectivity index (χ3n) is 4.18. The summed E-state index contributed by atoms with van der Waals surface area (Å²) >= 11 is 4.84. The van der Waals surface area contributed by atoms with E-state index in [1.165, 1.54) is 17.3 Å². The van der Waals surface area contributed by atoms with Crippen LogP contribution in [0.3, 0.4) is 0 Å². The minimum atomic E-state index is -0.175. The lowest BCUT2D eigenvalue weighted by atomic mass is 10.1. The SMILES string of the molecule is CCOc1cc(OCC)c(/C=C2/SC(=Nc3ccc(CC)cc3)NC2=O)cc1Br. The molecule has 3 rings (SSSR count). The van der Waals surface area contributed by atoms with Crippen molar-refractivity contribution >= 4 is 50.5 Å². The molecule has 7 heteroatoms. The Balaban J connectivity index is 1.87. The number of amides is 1. The highest BCUT2D eigenvalue weighted by Gasteiger charge is 2.24. The Kier molecular flexibility index (Phi) is 7.39. The molecule has 1 N–H and O–H groups in total. The van der Waals surface area contributed by atoms with Crippen LogP contribution in [-0.4, -0.2) is 24.3 Å². The number of carbonyl (C=O) groups excluding carboxylic acids is 1. The van der Waals surface area contributed by atoms with E-state index in [-0.39, 0.29) is 5.91 Å². The van der Waals surface area contributed by atoms with Crippen LogP contribution in [0.25, 0.3) is 6.08 Å². The predicted octanol–water partition coefficient (Wildman–Crippen LogP) is 5.70. The maximum Gasteiger partial charge on any atom is 0.264 e. The number of ether oxygens (including phenoxy) is 2. The first-order valence-corrected chi connectivity index (χ1v) is 11.1. The van der Waals surface area contributed by atoms with Gasteiger partial charge in [-0.05, 0) is 77.8 Å². The van der Waals surface area contributed by atoms with Gasteiger partial charge in [-0.2, -0.15) is 0 Å². The Bertz CT molecular complexity index is 955. The zero-order valence-corrected chi connectivity index (χ0v) is 19.0. The highest BCUT2D eigenvalue weighted by Crippen LogP contribution is 2.36.